The number of hydrogen-bond acceptors (Lipinski definition) is 7. The predicted molar refractivity (Wildman–Crippen MR) is 95.1 cm³/mol. The number of rotatable bonds is 8. The summed E-state index contributed by atoms with van der Waals surface area (Å²) in [6.45, 7) is 0.509. The van der Waals surface area contributed by atoms with Crippen molar-refractivity contribution in [2.45, 2.75) is 56.3 Å². The Labute approximate surface area is 168 Å². The lowest BCUT2D eigenvalue weighted by atomic mass is 9.92. The van der Waals surface area contributed by atoms with Gasteiger partial charge in [0, 0.05) is 32.2 Å². The highest BCUT2D eigenvalue weighted by molar-refractivity contribution is 5.97. The number of piperidine rings is 1. The Balaban J connectivity index is 1.31. The third-order valence-corrected chi connectivity index (χ3v) is 6.08. The van der Waals surface area contributed by atoms with Crippen LogP contribution in [0.15, 0.2) is 0 Å². The van der Waals surface area contributed by atoms with Crippen LogP contribution in [-0.2, 0) is 28.7 Å². The summed E-state index contributed by atoms with van der Waals surface area (Å²) < 4.78 is 10.6. The summed E-state index contributed by atoms with van der Waals surface area (Å²) >= 11 is 0. The molecule has 160 valence electrons. The van der Waals surface area contributed by atoms with Gasteiger partial charge in [-0.05, 0) is 31.6 Å². The van der Waals surface area contributed by atoms with E-state index in [4.69, 9.17) is 9.47 Å². The summed E-state index contributed by atoms with van der Waals surface area (Å²) in [7, 11) is 0. The fourth-order valence-electron chi connectivity index (χ4n) is 4.43. The molecule has 4 atom stereocenters. The zero-order chi connectivity index (χ0) is 20.5. The van der Waals surface area contributed by atoms with Crippen LogP contribution in [0, 0.1) is 5.92 Å². The Morgan fingerprint density at radius 3 is 2.48 bits per heavy atom. The van der Waals surface area contributed by atoms with Crippen molar-refractivity contribution in [2.24, 2.45) is 5.92 Å². The fraction of sp³-hybridized carbons (Fsp3) is 0.789. The van der Waals surface area contributed by atoms with Crippen molar-refractivity contribution < 1.29 is 33.8 Å². The van der Waals surface area contributed by atoms with E-state index < -0.39 is 30.6 Å². The molecule has 4 rings (SSSR count). The largest absolute Gasteiger partial charge is 0.548 e. The predicted octanol–water partition coefficient (Wildman–Crippen LogP) is -2.36. The van der Waals surface area contributed by atoms with Crippen molar-refractivity contribution in [2.75, 3.05) is 32.9 Å². The Morgan fingerprint density at radius 2 is 1.76 bits per heavy atom. The van der Waals surface area contributed by atoms with Crippen molar-refractivity contribution in [3.8, 4) is 0 Å². The van der Waals surface area contributed by atoms with Gasteiger partial charge in [-0.1, -0.05) is 0 Å². The van der Waals surface area contributed by atoms with Crippen LogP contribution in [0.2, 0.25) is 0 Å². The van der Waals surface area contributed by atoms with Gasteiger partial charge in [0.25, 0.3) is 0 Å². The maximum atomic E-state index is 13.0. The summed E-state index contributed by atoms with van der Waals surface area (Å²) in [6, 6.07) is -1.29. The second kappa shape index (κ2) is 8.27. The van der Waals surface area contributed by atoms with Gasteiger partial charge in [0.1, 0.15) is 18.7 Å². The van der Waals surface area contributed by atoms with Crippen molar-refractivity contribution >= 4 is 23.7 Å². The van der Waals surface area contributed by atoms with Crippen molar-refractivity contribution in [3.05, 3.63) is 0 Å². The highest BCUT2D eigenvalue weighted by atomic mass is 16.5. The summed E-state index contributed by atoms with van der Waals surface area (Å²) in [4.78, 5) is 51.5. The van der Waals surface area contributed by atoms with Crippen LogP contribution in [-0.4, -0.2) is 90.6 Å². The molecule has 0 bridgehead atoms. The lowest BCUT2D eigenvalue weighted by Gasteiger charge is -2.46. The minimum absolute atomic E-state index is 0.0332. The lowest BCUT2D eigenvalue weighted by molar-refractivity contribution is -0.309. The van der Waals surface area contributed by atoms with Crippen LogP contribution in [0.4, 0.5) is 0 Å². The Kier molecular flexibility index (Phi) is 5.73. The number of carboxylic acids is 1. The third-order valence-electron chi connectivity index (χ3n) is 6.08. The number of nitrogens with zero attached hydrogens (tertiary/aromatic N) is 2. The summed E-state index contributed by atoms with van der Waals surface area (Å²) in [5.41, 5.74) is 0. The van der Waals surface area contributed by atoms with E-state index >= 15 is 0 Å². The topological polar surface area (TPSA) is 128 Å². The van der Waals surface area contributed by atoms with Gasteiger partial charge < -0.3 is 34.5 Å². The average molecular weight is 408 g/mol. The molecule has 10 heteroatoms. The molecular formula is C19H26N3O7-. The van der Waals surface area contributed by atoms with E-state index in [1.54, 1.807) is 9.80 Å². The third kappa shape index (κ3) is 4.53. The molecular weight excluding hydrogens is 382 g/mol. The molecule has 0 unspecified atom stereocenters. The maximum Gasteiger partial charge on any atom is 0.246 e. The minimum atomic E-state index is -1.39. The van der Waals surface area contributed by atoms with Gasteiger partial charge in [0.15, 0.2) is 0 Å². The molecule has 3 saturated heterocycles. The maximum absolute atomic E-state index is 13.0. The number of aliphatic carboxylic acids is 1. The number of fused-ring (bicyclic) bond motifs is 2. The number of carbonyl (C=O) groups is 4. The van der Waals surface area contributed by atoms with E-state index in [-0.39, 0.29) is 30.6 Å². The van der Waals surface area contributed by atoms with Crippen molar-refractivity contribution in [1.29, 1.82) is 0 Å². The van der Waals surface area contributed by atoms with E-state index in [0.29, 0.717) is 44.9 Å². The van der Waals surface area contributed by atoms with E-state index in [2.05, 4.69) is 5.32 Å². The first-order valence-electron chi connectivity index (χ1n) is 10.2. The molecule has 1 aliphatic carbocycles. The Bertz CT molecular complexity index is 695. The number of carboxylic acid groups (broad SMARTS) is 1. The lowest BCUT2D eigenvalue weighted by Crippen LogP contribution is -2.66. The van der Waals surface area contributed by atoms with Gasteiger partial charge in [-0.3, -0.25) is 14.4 Å². The smallest absolute Gasteiger partial charge is 0.246 e. The van der Waals surface area contributed by atoms with Crippen molar-refractivity contribution in [1.82, 2.24) is 15.1 Å². The molecule has 4 fully saturated rings. The van der Waals surface area contributed by atoms with Gasteiger partial charge in [0.2, 0.25) is 17.7 Å². The second-order valence-electron chi connectivity index (χ2n) is 8.34. The Morgan fingerprint density at radius 1 is 1.03 bits per heavy atom. The van der Waals surface area contributed by atoms with Crippen LogP contribution in [0.5, 0.6) is 0 Å². The van der Waals surface area contributed by atoms with Crippen LogP contribution in [0.1, 0.15) is 32.1 Å². The molecule has 0 aromatic carbocycles. The zero-order valence-corrected chi connectivity index (χ0v) is 16.2. The quantitative estimate of drug-likeness (QED) is 0.476. The monoisotopic (exact) mass is 408 g/mol. The number of nitrogens with one attached hydrogen (secondary N) is 1. The first kappa shape index (κ1) is 20.1. The Hall–Kier alpha value is -2.20. The molecule has 29 heavy (non-hydrogen) atoms. The van der Waals surface area contributed by atoms with E-state index in [0.717, 1.165) is 0 Å². The standard InChI is InChI=1S/C19H27N3O7/c23-16(9-28-10-17(24)25)20-12-3-4-21-14(5-12)19(27)22-7-13(6-15(22)18(21)26)29-8-11-1-2-11/h11-15H,1-10H2,(H,20,23)(H,24,25)/p-1/t12-,13+,14-,15-/m0/s1. The molecule has 0 spiro atoms. The molecule has 0 aromatic rings. The van der Waals surface area contributed by atoms with Gasteiger partial charge in [-0.2, -0.15) is 0 Å². The van der Waals surface area contributed by atoms with Gasteiger partial charge in [-0.15, -0.1) is 0 Å². The van der Waals surface area contributed by atoms with Crippen molar-refractivity contribution in [3.63, 3.8) is 0 Å². The number of ether oxygens (including phenoxy) is 2. The van der Waals surface area contributed by atoms with E-state index in [9.17, 15) is 24.3 Å². The summed E-state index contributed by atoms with van der Waals surface area (Å²) in [6.07, 6.45) is 3.73. The fourth-order valence-corrected chi connectivity index (χ4v) is 4.43. The van der Waals surface area contributed by atoms with E-state index in [1.165, 1.54) is 12.8 Å². The average Bonchev–Trinajstić information content (AvgIpc) is 3.41. The van der Waals surface area contributed by atoms with Crippen LogP contribution in [0.25, 0.3) is 0 Å². The highest BCUT2D eigenvalue weighted by Gasteiger charge is 2.52. The first-order valence-corrected chi connectivity index (χ1v) is 10.2. The molecule has 4 aliphatic rings. The molecule has 3 heterocycles. The molecule has 0 aromatic heterocycles. The SMILES string of the molecule is O=C([O-])COCC(=O)N[C@H]1CCN2C(=O)[C@@H]3C[C@@H](OCC4CC4)CN3C(=O)[C@@H]2C1. The summed E-state index contributed by atoms with van der Waals surface area (Å²) in [5, 5.41) is 13.1. The van der Waals surface area contributed by atoms with E-state index in [1.807, 2.05) is 0 Å². The molecule has 1 N–H and O–H groups in total. The van der Waals surface area contributed by atoms with Crippen LogP contribution in [0.3, 0.4) is 0 Å². The highest BCUT2D eigenvalue weighted by Crippen LogP contribution is 2.34. The number of hydrogen-bond donors (Lipinski definition) is 1. The minimum Gasteiger partial charge on any atom is -0.548 e. The number of carbonyl (C=O) groups excluding carboxylic acids is 4. The molecule has 3 aliphatic heterocycles. The zero-order valence-electron chi connectivity index (χ0n) is 16.2. The summed E-state index contributed by atoms with van der Waals surface area (Å²) in [5.74, 6) is -1.33. The molecule has 10 nitrogen and oxygen atoms in total. The first-order chi connectivity index (χ1) is 13.9. The second-order valence-corrected chi connectivity index (χ2v) is 8.34. The molecule has 1 saturated carbocycles. The van der Waals surface area contributed by atoms with Gasteiger partial charge in [-0.25, -0.2) is 0 Å². The van der Waals surface area contributed by atoms with Gasteiger partial charge >= 0.3 is 0 Å². The normalized spacial score (nSPS) is 31.4. The molecule has 0 radical (unpaired) electrons. The van der Waals surface area contributed by atoms with Crippen LogP contribution >= 0.6 is 0 Å². The number of amides is 3. The number of piperazine rings is 1. The van der Waals surface area contributed by atoms with Gasteiger partial charge in [0.05, 0.1) is 18.7 Å². The molecule has 3 amide bonds. The van der Waals surface area contributed by atoms with Crippen LogP contribution < -0.4 is 10.4 Å².